The molecule has 0 bridgehead atoms. The van der Waals surface area contributed by atoms with Crippen molar-refractivity contribution in [3.8, 4) is 0 Å². The van der Waals surface area contributed by atoms with Crippen LogP contribution in [0.15, 0.2) is 36.5 Å². The van der Waals surface area contributed by atoms with Gasteiger partial charge >= 0.3 is 6.18 Å². The van der Waals surface area contributed by atoms with Gasteiger partial charge in [0.25, 0.3) is 5.78 Å². The quantitative estimate of drug-likeness (QED) is 0.865. The molecule has 1 fully saturated rings. The number of carbonyl (C=O) groups is 2. The van der Waals surface area contributed by atoms with Gasteiger partial charge in [-0.1, -0.05) is 12.1 Å². The van der Waals surface area contributed by atoms with Gasteiger partial charge in [0.15, 0.2) is 0 Å². The molecule has 2 rings (SSSR count). The van der Waals surface area contributed by atoms with Crippen molar-refractivity contribution in [3.05, 3.63) is 42.1 Å². The second-order valence-electron chi connectivity index (χ2n) is 5.43. The smallest absolute Gasteiger partial charge is 0.365 e. The van der Waals surface area contributed by atoms with Crippen molar-refractivity contribution in [1.82, 2.24) is 4.90 Å². The van der Waals surface area contributed by atoms with Gasteiger partial charge < -0.3 is 10.2 Å². The van der Waals surface area contributed by atoms with Gasteiger partial charge in [0.2, 0.25) is 5.91 Å². The molecule has 1 aromatic carbocycles. The van der Waals surface area contributed by atoms with Crippen LogP contribution < -0.4 is 5.32 Å². The number of nitrogens with one attached hydrogen (secondary N) is 1. The summed E-state index contributed by atoms with van der Waals surface area (Å²) in [4.78, 5) is 24.6. The Balaban J connectivity index is 2.02. The molecule has 0 aromatic heterocycles. The molecule has 7 heteroatoms. The number of ketones is 1. The molecule has 0 aliphatic carbocycles. The summed E-state index contributed by atoms with van der Waals surface area (Å²) >= 11 is 0. The van der Waals surface area contributed by atoms with E-state index in [1.807, 2.05) is 13.0 Å². The number of likely N-dealkylation sites (tertiary alicyclic amines) is 1. The molecule has 1 aliphatic rings. The molecule has 1 atom stereocenters. The molecule has 1 aromatic rings. The highest BCUT2D eigenvalue weighted by molar-refractivity contribution is 5.96. The summed E-state index contributed by atoms with van der Waals surface area (Å²) in [6.45, 7) is 2.33. The minimum atomic E-state index is -4.89. The summed E-state index contributed by atoms with van der Waals surface area (Å²) in [6, 6.07) is 6.67. The predicted octanol–water partition coefficient (Wildman–Crippen LogP) is 3.04. The van der Waals surface area contributed by atoms with Crippen LogP contribution in [0.1, 0.15) is 18.4 Å². The minimum absolute atomic E-state index is 0.294. The van der Waals surface area contributed by atoms with Crippen LogP contribution in [-0.2, 0) is 9.59 Å². The van der Waals surface area contributed by atoms with E-state index in [1.54, 1.807) is 18.2 Å². The minimum Gasteiger partial charge on any atom is -0.365 e. The fourth-order valence-electron chi connectivity index (χ4n) is 2.46. The van der Waals surface area contributed by atoms with Crippen molar-refractivity contribution in [2.24, 2.45) is 0 Å². The number of hydrogen-bond acceptors (Lipinski definition) is 3. The lowest BCUT2D eigenvalue weighted by Gasteiger charge is -2.22. The molecular weight excluding hydrogens is 309 g/mol. The summed E-state index contributed by atoms with van der Waals surface area (Å²) in [6.07, 6.45) is -2.16. The summed E-state index contributed by atoms with van der Waals surface area (Å²) in [5, 5.41) is 2.75. The Bertz CT molecular complexity index is 626. The lowest BCUT2D eigenvalue weighted by molar-refractivity contribution is -0.165. The van der Waals surface area contributed by atoms with E-state index in [0.717, 1.165) is 11.8 Å². The zero-order valence-corrected chi connectivity index (χ0v) is 12.6. The third-order valence-corrected chi connectivity index (χ3v) is 3.58. The topological polar surface area (TPSA) is 49.4 Å². The number of allylic oxidation sites excluding steroid dienone is 1. The number of amides is 1. The van der Waals surface area contributed by atoms with Gasteiger partial charge in [-0.15, -0.1) is 0 Å². The summed E-state index contributed by atoms with van der Waals surface area (Å²) in [5.74, 6) is -2.22. The maximum Gasteiger partial charge on any atom is 0.454 e. The van der Waals surface area contributed by atoms with E-state index >= 15 is 0 Å². The normalized spacial score (nSPS) is 18.4. The number of carbonyl (C=O) groups excluding carboxylic acids is 2. The van der Waals surface area contributed by atoms with Crippen molar-refractivity contribution in [3.63, 3.8) is 0 Å². The molecular formula is C16H17F3N2O2. The molecule has 4 nitrogen and oxygen atoms in total. The van der Waals surface area contributed by atoms with E-state index in [-0.39, 0.29) is 5.91 Å². The van der Waals surface area contributed by atoms with Gasteiger partial charge in [0, 0.05) is 24.5 Å². The van der Waals surface area contributed by atoms with Crippen LogP contribution in [-0.4, -0.2) is 35.4 Å². The third-order valence-electron chi connectivity index (χ3n) is 3.58. The van der Waals surface area contributed by atoms with Crippen molar-refractivity contribution in [2.75, 3.05) is 11.9 Å². The first-order chi connectivity index (χ1) is 10.8. The zero-order chi connectivity index (χ0) is 17.0. The van der Waals surface area contributed by atoms with Crippen LogP contribution in [0.4, 0.5) is 18.9 Å². The molecule has 0 spiro atoms. The maximum atomic E-state index is 12.3. The zero-order valence-electron chi connectivity index (χ0n) is 12.6. The molecule has 124 valence electrons. The highest BCUT2D eigenvalue weighted by atomic mass is 19.4. The number of aryl methyl sites for hydroxylation is 1. The van der Waals surface area contributed by atoms with Crippen LogP contribution in [0.2, 0.25) is 0 Å². The number of halogens is 3. The van der Waals surface area contributed by atoms with Crippen LogP contribution >= 0.6 is 0 Å². The number of benzene rings is 1. The van der Waals surface area contributed by atoms with Gasteiger partial charge in [-0.2, -0.15) is 13.2 Å². The molecule has 1 N–H and O–H groups in total. The number of alkyl halides is 3. The second kappa shape index (κ2) is 6.85. The van der Waals surface area contributed by atoms with Gasteiger partial charge in [0.05, 0.1) is 0 Å². The Morgan fingerprint density at radius 2 is 2.09 bits per heavy atom. The predicted molar refractivity (Wildman–Crippen MR) is 79.7 cm³/mol. The molecule has 1 heterocycles. The van der Waals surface area contributed by atoms with Gasteiger partial charge in [-0.05, 0) is 37.5 Å². The maximum absolute atomic E-state index is 12.3. The van der Waals surface area contributed by atoms with Crippen LogP contribution in [0.25, 0.3) is 0 Å². The highest BCUT2D eigenvalue weighted by Gasteiger charge is 2.37. The number of anilines is 1. The summed E-state index contributed by atoms with van der Waals surface area (Å²) in [7, 11) is 0. The largest absolute Gasteiger partial charge is 0.454 e. The third kappa shape index (κ3) is 4.58. The molecule has 0 unspecified atom stereocenters. The Kier molecular flexibility index (Phi) is 5.08. The highest BCUT2D eigenvalue weighted by Crippen LogP contribution is 2.21. The summed E-state index contributed by atoms with van der Waals surface area (Å²) in [5.41, 5.74) is 1.62. The van der Waals surface area contributed by atoms with Gasteiger partial charge in [-0.3, -0.25) is 9.59 Å². The Labute approximate surface area is 132 Å². The van der Waals surface area contributed by atoms with E-state index < -0.39 is 18.0 Å². The van der Waals surface area contributed by atoms with Crippen molar-refractivity contribution in [2.45, 2.75) is 32.0 Å². The van der Waals surface area contributed by atoms with Crippen LogP contribution in [0, 0.1) is 6.92 Å². The second-order valence-corrected chi connectivity index (χ2v) is 5.43. The number of nitrogens with zero attached hydrogens (tertiary/aromatic N) is 1. The molecule has 23 heavy (non-hydrogen) atoms. The fraction of sp³-hybridized carbons (Fsp3) is 0.375. The van der Waals surface area contributed by atoms with E-state index in [4.69, 9.17) is 0 Å². The number of hydrogen-bond donors (Lipinski definition) is 1. The first-order valence-corrected chi connectivity index (χ1v) is 7.20. The van der Waals surface area contributed by atoms with Crippen molar-refractivity contribution >= 4 is 17.4 Å². The molecule has 0 radical (unpaired) electrons. The lowest BCUT2D eigenvalue weighted by atomic mass is 10.2. The summed E-state index contributed by atoms with van der Waals surface area (Å²) < 4.78 is 36.6. The number of rotatable bonds is 4. The van der Waals surface area contributed by atoms with Crippen molar-refractivity contribution in [1.29, 1.82) is 0 Å². The van der Waals surface area contributed by atoms with Crippen LogP contribution in [0.5, 0.6) is 0 Å². The van der Waals surface area contributed by atoms with E-state index in [2.05, 4.69) is 5.32 Å². The molecule has 1 saturated heterocycles. The first kappa shape index (κ1) is 17.1. The first-order valence-electron chi connectivity index (χ1n) is 7.20. The van der Waals surface area contributed by atoms with E-state index in [0.29, 0.717) is 31.1 Å². The average molecular weight is 326 g/mol. The Morgan fingerprint density at radius 1 is 1.35 bits per heavy atom. The van der Waals surface area contributed by atoms with Gasteiger partial charge in [0.1, 0.15) is 6.04 Å². The molecule has 1 aliphatic heterocycles. The average Bonchev–Trinajstić information content (AvgIpc) is 2.92. The SMILES string of the molecule is Cc1cccc(NC(=O)[C@@H]2CCCN2/C=C/C(=O)C(F)(F)F)c1. The fourth-order valence-corrected chi connectivity index (χ4v) is 2.46. The van der Waals surface area contributed by atoms with Crippen molar-refractivity contribution < 1.29 is 22.8 Å². The lowest BCUT2D eigenvalue weighted by Crippen LogP contribution is -2.36. The van der Waals surface area contributed by atoms with Gasteiger partial charge in [-0.25, -0.2) is 0 Å². The van der Waals surface area contributed by atoms with E-state index in [9.17, 15) is 22.8 Å². The van der Waals surface area contributed by atoms with E-state index in [1.165, 1.54) is 4.90 Å². The van der Waals surface area contributed by atoms with Crippen LogP contribution in [0.3, 0.4) is 0 Å². The monoisotopic (exact) mass is 326 g/mol. The Hall–Kier alpha value is -2.31. The standard InChI is InChI=1S/C16H17F3N2O2/c1-11-4-2-5-12(10-11)20-15(23)13-6-3-8-21(13)9-7-14(22)16(17,18)19/h2,4-5,7,9-10,13H,3,6,8H2,1H3,(H,20,23)/b9-7+/t13-/m0/s1. The Morgan fingerprint density at radius 3 is 2.74 bits per heavy atom. The molecule has 0 saturated carbocycles. The molecule has 1 amide bonds.